The highest BCUT2D eigenvalue weighted by atomic mass is 16.2. The fraction of sp³-hybridized carbons (Fsp3) is 0.889. The number of hydrogen-bond donors (Lipinski definition) is 1. The van der Waals surface area contributed by atoms with Crippen LogP contribution in [0, 0.1) is 5.41 Å². The van der Waals surface area contributed by atoms with E-state index in [1.54, 1.807) is 0 Å². The summed E-state index contributed by atoms with van der Waals surface area (Å²) in [4.78, 5) is 13.1. The third-order valence-electron chi connectivity index (χ3n) is 2.52. The van der Waals surface area contributed by atoms with Crippen molar-refractivity contribution in [3.8, 4) is 0 Å². The molecule has 2 amide bonds. The summed E-state index contributed by atoms with van der Waals surface area (Å²) in [5.74, 6) is 0. The average molecular weight is 170 g/mol. The van der Waals surface area contributed by atoms with Gasteiger partial charge in [-0.3, -0.25) is 0 Å². The third kappa shape index (κ3) is 2.13. The van der Waals surface area contributed by atoms with Gasteiger partial charge in [-0.2, -0.15) is 0 Å². The van der Waals surface area contributed by atoms with Crippen molar-refractivity contribution < 1.29 is 4.79 Å². The molecule has 0 aromatic carbocycles. The molecule has 12 heavy (non-hydrogen) atoms. The predicted molar refractivity (Wildman–Crippen MR) is 49.0 cm³/mol. The predicted octanol–water partition coefficient (Wildman–Crippen LogP) is 1.45. The molecule has 0 atom stereocenters. The number of nitrogens with zero attached hydrogens (tertiary/aromatic N) is 1. The van der Waals surface area contributed by atoms with E-state index >= 15 is 0 Å². The highest BCUT2D eigenvalue weighted by Crippen LogP contribution is 2.21. The van der Waals surface area contributed by atoms with Gasteiger partial charge >= 0.3 is 6.03 Å². The van der Waals surface area contributed by atoms with Gasteiger partial charge in [0.2, 0.25) is 0 Å². The Labute approximate surface area is 74.1 Å². The average Bonchev–Trinajstić information content (AvgIpc) is 2.36. The van der Waals surface area contributed by atoms with Gasteiger partial charge in [0.25, 0.3) is 0 Å². The number of hydrogen-bond acceptors (Lipinski definition) is 1. The second-order valence-corrected chi connectivity index (χ2v) is 4.17. The summed E-state index contributed by atoms with van der Waals surface area (Å²) in [7, 11) is 0. The van der Waals surface area contributed by atoms with Gasteiger partial charge in [0.1, 0.15) is 0 Å². The fourth-order valence-electron chi connectivity index (χ4n) is 1.29. The zero-order valence-electron chi connectivity index (χ0n) is 8.18. The summed E-state index contributed by atoms with van der Waals surface area (Å²) >= 11 is 0. The first-order valence-electron chi connectivity index (χ1n) is 4.58. The molecular formula is C9H18N2O. The van der Waals surface area contributed by atoms with Crippen LogP contribution in [-0.4, -0.2) is 30.6 Å². The second kappa shape index (κ2) is 3.33. The summed E-state index contributed by atoms with van der Waals surface area (Å²) in [6.07, 6.45) is 1.11. The monoisotopic (exact) mass is 170 g/mol. The first kappa shape index (κ1) is 9.36. The molecule has 1 saturated heterocycles. The Kier molecular flexibility index (Phi) is 2.60. The minimum absolute atomic E-state index is 0.0940. The van der Waals surface area contributed by atoms with E-state index in [1.807, 2.05) is 4.90 Å². The minimum atomic E-state index is 0.0940. The van der Waals surface area contributed by atoms with E-state index in [4.69, 9.17) is 0 Å². The zero-order valence-corrected chi connectivity index (χ0v) is 8.18. The van der Waals surface area contributed by atoms with Crippen LogP contribution in [0.2, 0.25) is 0 Å². The molecule has 0 aliphatic carbocycles. The van der Waals surface area contributed by atoms with Gasteiger partial charge in [0, 0.05) is 19.6 Å². The topological polar surface area (TPSA) is 32.3 Å². The van der Waals surface area contributed by atoms with Crippen LogP contribution in [0.3, 0.4) is 0 Å². The van der Waals surface area contributed by atoms with E-state index in [0.717, 1.165) is 26.1 Å². The molecule has 1 rings (SSSR count). The first-order valence-corrected chi connectivity index (χ1v) is 4.58. The number of carbonyl (C=O) groups is 1. The van der Waals surface area contributed by atoms with Crippen LogP contribution >= 0.6 is 0 Å². The van der Waals surface area contributed by atoms with Gasteiger partial charge < -0.3 is 10.2 Å². The number of urea groups is 1. The summed E-state index contributed by atoms with van der Waals surface area (Å²) in [6, 6.07) is 0.0940. The molecule has 0 spiro atoms. The zero-order chi connectivity index (χ0) is 9.19. The molecule has 1 fully saturated rings. The van der Waals surface area contributed by atoms with E-state index < -0.39 is 0 Å². The number of rotatable bonds is 3. The van der Waals surface area contributed by atoms with Crippen molar-refractivity contribution in [2.24, 2.45) is 5.41 Å². The Morgan fingerprint density at radius 1 is 1.58 bits per heavy atom. The number of carbonyl (C=O) groups excluding carboxylic acids is 1. The Hall–Kier alpha value is -0.730. The number of amides is 2. The molecular weight excluding hydrogens is 152 g/mol. The lowest BCUT2D eigenvalue weighted by Crippen LogP contribution is -2.36. The fourth-order valence-corrected chi connectivity index (χ4v) is 1.29. The van der Waals surface area contributed by atoms with E-state index in [0.29, 0.717) is 0 Å². The van der Waals surface area contributed by atoms with Crippen molar-refractivity contribution in [1.29, 1.82) is 0 Å². The molecule has 0 aromatic heterocycles. The lowest BCUT2D eigenvalue weighted by Gasteiger charge is -2.28. The van der Waals surface area contributed by atoms with Crippen molar-refractivity contribution in [2.75, 3.05) is 19.6 Å². The Balaban J connectivity index is 2.45. The van der Waals surface area contributed by atoms with Crippen LogP contribution in [0.25, 0.3) is 0 Å². The van der Waals surface area contributed by atoms with Crippen LogP contribution in [0.5, 0.6) is 0 Å². The van der Waals surface area contributed by atoms with E-state index in [-0.39, 0.29) is 11.4 Å². The Morgan fingerprint density at radius 3 is 2.67 bits per heavy atom. The molecule has 0 aromatic rings. The van der Waals surface area contributed by atoms with Gasteiger partial charge in [-0.25, -0.2) is 4.79 Å². The molecule has 70 valence electrons. The molecule has 1 heterocycles. The molecule has 3 nitrogen and oxygen atoms in total. The lowest BCUT2D eigenvalue weighted by atomic mass is 9.90. The standard InChI is InChI=1S/C9H18N2O/c1-4-9(2,3)7-11-6-5-10-8(11)12/h4-7H2,1-3H3,(H,10,12). The largest absolute Gasteiger partial charge is 0.336 e. The van der Waals surface area contributed by atoms with Gasteiger partial charge in [-0.05, 0) is 11.8 Å². The number of nitrogens with one attached hydrogen (secondary N) is 1. The summed E-state index contributed by atoms with van der Waals surface area (Å²) < 4.78 is 0. The van der Waals surface area contributed by atoms with Crippen LogP contribution in [0.1, 0.15) is 27.2 Å². The second-order valence-electron chi connectivity index (χ2n) is 4.17. The highest BCUT2D eigenvalue weighted by Gasteiger charge is 2.26. The van der Waals surface area contributed by atoms with E-state index in [9.17, 15) is 4.79 Å². The van der Waals surface area contributed by atoms with Gasteiger partial charge in [-0.15, -0.1) is 0 Å². The highest BCUT2D eigenvalue weighted by molar-refractivity contribution is 5.76. The minimum Gasteiger partial charge on any atom is -0.336 e. The maximum absolute atomic E-state index is 11.2. The SMILES string of the molecule is CCC(C)(C)CN1CCNC1=O. The van der Waals surface area contributed by atoms with Crippen LogP contribution in [0.15, 0.2) is 0 Å². The lowest BCUT2D eigenvalue weighted by molar-refractivity contribution is 0.186. The van der Waals surface area contributed by atoms with Gasteiger partial charge in [0.05, 0.1) is 0 Å². The molecule has 1 N–H and O–H groups in total. The molecule has 0 saturated carbocycles. The quantitative estimate of drug-likeness (QED) is 0.683. The Bertz CT molecular complexity index is 177. The maximum Gasteiger partial charge on any atom is 0.317 e. The third-order valence-corrected chi connectivity index (χ3v) is 2.52. The summed E-state index contributed by atoms with van der Waals surface area (Å²) in [5, 5.41) is 2.80. The normalized spacial score (nSPS) is 18.2. The molecule has 0 unspecified atom stereocenters. The van der Waals surface area contributed by atoms with E-state index in [2.05, 4.69) is 26.1 Å². The van der Waals surface area contributed by atoms with Crippen LogP contribution in [0.4, 0.5) is 4.79 Å². The van der Waals surface area contributed by atoms with Gasteiger partial charge in [0.15, 0.2) is 0 Å². The van der Waals surface area contributed by atoms with Crippen LogP contribution < -0.4 is 5.32 Å². The van der Waals surface area contributed by atoms with E-state index in [1.165, 1.54) is 0 Å². The summed E-state index contributed by atoms with van der Waals surface area (Å²) in [5.41, 5.74) is 0.252. The summed E-state index contributed by atoms with van der Waals surface area (Å²) in [6.45, 7) is 9.08. The van der Waals surface area contributed by atoms with Crippen molar-refractivity contribution in [1.82, 2.24) is 10.2 Å². The van der Waals surface area contributed by atoms with Gasteiger partial charge in [-0.1, -0.05) is 20.8 Å². The molecule has 3 heteroatoms. The van der Waals surface area contributed by atoms with Crippen molar-refractivity contribution in [3.63, 3.8) is 0 Å². The first-order chi connectivity index (χ1) is 5.55. The van der Waals surface area contributed by atoms with Crippen LogP contribution in [-0.2, 0) is 0 Å². The maximum atomic E-state index is 11.2. The Morgan fingerprint density at radius 2 is 2.25 bits per heavy atom. The smallest absolute Gasteiger partial charge is 0.317 e. The van der Waals surface area contributed by atoms with Crippen molar-refractivity contribution in [2.45, 2.75) is 27.2 Å². The molecule has 1 aliphatic heterocycles. The molecule has 0 radical (unpaired) electrons. The van der Waals surface area contributed by atoms with Crippen molar-refractivity contribution in [3.05, 3.63) is 0 Å². The molecule has 1 aliphatic rings. The van der Waals surface area contributed by atoms with Crippen molar-refractivity contribution >= 4 is 6.03 Å². The molecule has 0 bridgehead atoms.